The molecule has 4 nitrogen and oxygen atoms in total. The van der Waals surface area contributed by atoms with Crippen LogP contribution in [0.1, 0.15) is 10.4 Å². The van der Waals surface area contributed by atoms with Crippen molar-refractivity contribution in [1.29, 1.82) is 0 Å². The molecular formula is C18H11F2N3OS. The number of nitrogens with zero attached hydrogens (tertiary/aromatic N) is 2. The number of amides is 1. The molecule has 0 spiro atoms. The topological polar surface area (TPSA) is 46.4 Å². The molecule has 4 aromatic rings. The van der Waals surface area contributed by atoms with Crippen LogP contribution in [0, 0.1) is 11.6 Å². The summed E-state index contributed by atoms with van der Waals surface area (Å²) in [6.45, 7) is 0. The summed E-state index contributed by atoms with van der Waals surface area (Å²) in [6, 6.07) is 9.98. The van der Waals surface area contributed by atoms with Crippen molar-refractivity contribution in [2.24, 2.45) is 0 Å². The highest BCUT2D eigenvalue weighted by atomic mass is 32.1. The fraction of sp³-hybridized carbons (Fsp3) is 0. The van der Waals surface area contributed by atoms with E-state index in [0.29, 0.717) is 23.0 Å². The van der Waals surface area contributed by atoms with Crippen LogP contribution in [0.25, 0.3) is 16.2 Å². The predicted molar refractivity (Wildman–Crippen MR) is 92.8 cm³/mol. The number of carbonyl (C=O) groups is 1. The van der Waals surface area contributed by atoms with Crippen LogP contribution in [0.5, 0.6) is 0 Å². The minimum atomic E-state index is -0.905. The van der Waals surface area contributed by atoms with E-state index in [-0.39, 0.29) is 5.56 Å². The van der Waals surface area contributed by atoms with Gasteiger partial charge in [0, 0.05) is 29.4 Å². The standard InChI is InChI=1S/C18H11F2N3OS/c19-11-5-6-12(14(20)9-11)17(24)21-15-4-2-1-3-13(15)16-10-23-7-8-25-18(23)22-16/h1-10H,(H,21,24). The summed E-state index contributed by atoms with van der Waals surface area (Å²) in [5.74, 6) is -2.28. The third-order valence-electron chi connectivity index (χ3n) is 3.72. The van der Waals surface area contributed by atoms with Crippen molar-refractivity contribution in [3.63, 3.8) is 0 Å². The second-order valence-corrected chi connectivity index (χ2v) is 6.22. The lowest BCUT2D eigenvalue weighted by molar-refractivity contribution is 0.102. The van der Waals surface area contributed by atoms with Crippen LogP contribution in [0.2, 0.25) is 0 Å². The summed E-state index contributed by atoms with van der Waals surface area (Å²) >= 11 is 1.50. The van der Waals surface area contributed by atoms with Crippen LogP contribution >= 0.6 is 11.3 Å². The van der Waals surface area contributed by atoms with E-state index < -0.39 is 17.5 Å². The minimum absolute atomic E-state index is 0.220. The number of imidazole rings is 1. The average molecular weight is 355 g/mol. The zero-order valence-electron chi connectivity index (χ0n) is 12.7. The van der Waals surface area contributed by atoms with Gasteiger partial charge in [0.2, 0.25) is 0 Å². The summed E-state index contributed by atoms with van der Waals surface area (Å²) in [7, 11) is 0. The zero-order chi connectivity index (χ0) is 17.4. The molecule has 7 heteroatoms. The maximum absolute atomic E-state index is 13.8. The van der Waals surface area contributed by atoms with E-state index in [1.165, 1.54) is 11.3 Å². The van der Waals surface area contributed by atoms with Crippen molar-refractivity contribution in [2.45, 2.75) is 0 Å². The van der Waals surface area contributed by atoms with E-state index in [0.717, 1.165) is 17.1 Å². The fourth-order valence-electron chi connectivity index (χ4n) is 2.54. The Labute approximate surface area is 145 Å². The molecule has 4 rings (SSSR count). The van der Waals surface area contributed by atoms with Gasteiger partial charge in [-0.25, -0.2) is 13.8 Å². The normalized spacial score (nSPS) is 11.0. The monoisotopic (exact) mass is 355 g/mol. The molecule has 0 aliphatic rings. The molecule has 0 saturated carbocycles. The number of rotatable bonds is 3. The van der Waals surface area contributed by atoms with E-state index in [1.54, 1.807) is 12.1 Å². The van der Waals surface area contributed by atoms with Gasteiger partial charge >= 0.3 is 0 Å². The van der Waals surface area contributed by atoms with Crippen LogP contribution in [0.3, 0.4) is 0 Å². The molecule has 124 valence electrons. The van der Waals surface area contributed by atoms with Gasteiger partial charge in [-0.15, -0.1) is 11.3 Å². The van der Waals surface area contributed by atoms with E-state index in [4.69, 9.17) is 0 Å². The Bertz CT molecular complexity index is 1060. The molecule has 0 radical (unpaired) electrons. The van der Waals surface area contributed by atoms with Crippen LogP contribution in [-0.2, 0) is 0 Å². The molecular weight excluding hydrogens is 344 g/mol. The minimum Gasteiger partial charge on any atom is -0.321 e. The third kappa shape index (κ3) is 2.89. The molecule has 2 heterocycles. The summed E-state index contributed by atoms with van der Waals surface area (Å²) in [5, 5.41) is 4.60. The van der Waals surface area contributed by atoms with Gasteiger partial charge in [0.15, 0.2) is 4.96 Å². The van der Waals surface area contributed by atoms with Gasteiger partial charge < -0.3 is 5.32 Å². The highest BCUT2D eigenvalue weighted by Gasteiger charge is 2.16. The smallest absolute Gasteiger partial charge is 0.258 e. The van der Waals surface area contributed by atoms with Crippen LogP contribution in [0.15, 0.2) is 60.2 Å². The number of fused-ring (bicyclic) bond motifs is 1. The van der Waals surface area contributed by atoms with E-state index in [1.807, 2.05) is 34.3 Å². The van der Waals surface area contributed by atoms with Crippen molar-refractivity contribution >= 4 is 27.9 Å². The van der Waals surface area contributed by atoms with Crippen LogP contribution < -0.4 is 5.32 Å². The Kier molecular flexibility index (Phi) is 3.77. The summed E-state index contributed by atoms with van der Waals surface area (Å²) in [6.07, 6.45) is 3.75. The second kappa shape index (κ2) is 6.10. The number of benzene rings is 2. The Balaban J connectivity index is 1.69. The molecule has 0 atom stereocenters. The number of thiazole rings is 1. The molecule has 2 aromatic carbocycles. The molecule has 0 fully saturated rings. The van der Waals surface area contributed by atoms with Gasteiger partial charge in [0.05, 0.1) is 16.9 Å². The molecule has 2 aromatic heterocycles. The molecule has 0 aliphatic carbocycles. The number of aromatic nitrogens is 2. The molecule has 0 aliphatic heterocycles. The first-order valence-electron chi connectivity index (χ1n) is 7.40. The van der Waals surface area contributed by atoms with Gasteiger partial charge in [0.1, 0.15) is 11.6 Å². The number of hydrogen-bond donors (Lipinski definition) is 1. The molecule has 0 unspecified atom stereocenters. The maximum Gasteiger partial charge on any atom is 0.258 e. The Morgan fingerprint density at radius 3 is 2.80 bits per heavy atom. The van der Waals surface area contributed by atoms with Crippen molar-refractivity contribution in [1.82, 2.24) is 9.38 Å². The Hall–Kier alpha value is -3.06. The number of para-hydroxylation sites is 1. The molecule has 1 N–H and O–H groups in total. The van der Waals surface area contributed by atoms with E-state index >= 15 is 0 Å². The van der Waals surface area contributed by atoms with Gasteiger partial charge in [-0.05, 0) is 18.2 Å². The second-order valence-electron chi connectivity index (χ2n) is 5.34. The summed E-state index contributed by atoms with van der Waals surface area (Å²) in [5.41, 5.74) is 1.70. The fourth-order valence-corrected chi connectivity index (χ4v) is 3.24. The zero-order valence-corrected chi connectivity index (χ0v) is 13.6. The van der Waals surface area contributed by atoms with Crippen molar-refractivity contribution in [2.75, 3.05) is 5.32 Å². The van der Waals surface area contributed by atoms with Crippen molar-refractivity contribution in [3.05, 3.63) is 77.4 Å². The Morgan fingerprint density at radius 2 is 2.00 bits per heavy atom. The SMILES string of the molecule is O=C(Nc1ccccc1-c1cn2ccsc2n1)c1ccc(F)cc1F. The molecule has 0 saturated heterocycles. The molecule has 0 bridgehead atoms. The van der Waals surface area contributed by atoms with Crippen molar-refractivity contribution in [3.8, 4) is 11.3 Å². The first-order valence-corrected chi connectivity index (χ1v) is 8.28. The quantitative estimate of drug-likeness (QED) is 0.584. The number of hydrogen-bond acceptors (Lipinski definition) is 3. The molecule has 25 heavy (non-hydrogen) atoms. The number of anilines is 1. The third-order valence-corrected chi connectivity index (χ3v) is 4.49. The van der Waals surface area contributed by atoms with Gasteiger partial charge in [-0.2, -0.15) is 0 Å². The van der Waals surface area contributed by atoms with Crippen molar-refractivity contribution < 1.29 is 13.6 Å². The lowest BCUT2D eigenvalue weighted by atomic mass is 10.1. The number of nitrogens with one attached hydrogen (secondary N) is 1. The summed E-state index contributed by atoms with van der Waals surface area (Å²) < 4.78 is 28.7. The lowest BCUT2D eigenvalue weighted by Crippen LogP contribution is -2.14. The largest absolute Gasteiger partial charge is 0.321 e. The van der Waals surface area contributed by atoms with E-state index in [9.17, 15) is 13.6 Å². The molecule has 1 amide bonds. The average Bonchev–Trinajstić information content (AvgIpc) is 3.16. The highest BCUT2D eigenvalue weighted by molar-refractivity contribution is 7.15. The predicted octanol–water partition coefficient (Wildman–Crippen LogP) is 4.59. The van der Waals surface area contributed by atoms with Gasteiger partial charge in [-0.1, -0.05) is 18.2 Å². The first-order chi connectivity index (χ1) is 12.1. The number of halogens is 2. The van der Waals surface area contributed by atoms with Gasteiger partial charge in [0.25, 0.3) is 5.91 Å². The Morgan fingerprint density at radius 1 is 1.16 bits per heavy atom. The van der Waals surface area contributed by atoms with E-state index in [2.05, 4.69) is 10.3 Å². The highest BCUT2D eigenvalue weighted by Crippen LogP contribution is 2.29. The first kappa shape index (κ1) is 15.5. The van der Waals surface area contributed by atoms with Crippen LogP contribution in [-0.4, -0.2) is 15.3 Å². The lowest BCUT2D eigenvalue weighted by Gasteiger charge is -2.10. The maximum atomic E-state index is 13.8. The van der Waals surface area contributed by atoms with Crippen LogP contribution in [0.4, 0.5) is 14.5 Å². The van der Waals surface area contributed by atoms with Gasteiger partial charge in [-0.3, -0.25) is 9.20 Å². The number of carbonyl (C=O) groups excluding carboxylic acids is 1. The summed E-state index contributed by atoms with van der Waals surface area (Å²) in [4.78, 5) is 17.7.